The van der Waals surface area contributed by atoms with Crippen LogP contribution in [0.2, 0.25) is 5.02 Å². The smallest absolute Gasteiger partial charge is 0.227 e. The van der Waals surface area contributed by atoms with Crippen LogP contribution in [-0.2, 0) is 4.79 Å². The first-order chi connectivity index (χ1) is 8.63. The van der Waals surface area contributed by atoms with E-state index in [4.69, 9.17) is 11.6 Å². The molecule has 3 atom stereocenters. The molecule has 0 radical (unpaired) electrons. The summed E-state index contributed by atoms with van der Waals surface area (Å²) in [6.45, 7) is 1.96. The van der Waals surface area contributed by atoms with Gasteiger partial charge in [-0.25, -0.2) is 0 Å². The van der Waals surface area contributed by atoms with Crippen LogP contribution in [0.15, 0.2) is 18.2 Å². The van der Waals surface area contributed by atoms with Gasteiger partial charge in [-0.1, -0.05) is 24.1 Å². The molecule has 2 fully saturated rings. The van der Waals surface area contributed by atoms with E-state index in [9.17, 15) is 4.79 Å². The molecule has 0 unspecified atom stereocenters. The van der Waals surface area contributed by atoms with E-state index >= 15 is 0 Å². The first-order valence-electron chi connectivity index (χ1n) is 6.70. The Morgan fingerprint density at radius 3 is 2.78 bits per heavy atom. The van der Waals surface area contributed by atoms with Crippen molar-refractivity contribution in [1.29, 1.82) is 0 Å². The normalized spacial score (nSPS) is 29.6. The number of hydrogen-bond acceptors (Lipinski definition) is 1. The third kappa shape index (κ3) is 2.14. The van der Waals surface area contributed by atoms with Gasteiger partial charge >= 0.3 is 0 Å². The van der Waals surface area contributed by atoms with Gasteiger partial charge in [-0.2, -0.15) is 0 Å². The Bertz CT molecular complexity index is 485. The van der Waals surface area contributed by atoms with Gasteiger partial charge in [0.2, 0.25) is 5.91 Å². The lowest BCUT2D eigenvalue weighted by molar-refractivity contribution is -0.121. The summed E-state index contributed by atoms with van der Waals surface area (Å²) in [6, 6.07) is 5.70. The molecule has 0 spiro atoms. The van der Waals surface area contributed by atoms with Gasteiger partial charge < -0.3 is 5.32 Å². The lowest BCUT2D eigenvalue weighted by atomic mass is 9.88. The van der Waals surface area contributed by atoms with E-state index in [-0.39, 0.29) is 11.8 Å². The average molecular weight is 264 g/mol. The van der Waals surface area contributed by atoms with Crippen LogP contribution in [0, 0.1) is 24.7 Å². The van der Waals surface area contributed by atoms with Crippen LogP contribution in [0.4, 0.5) is 5.69 Å². The fraction of sp³-hybridized carbons (Fsp3) is 0.533. The summed E-state index contributed by atoms with van der Waals surface area (Å²) < 4.78 is 0. The molecular weight excluding hydrogens is 246 g/mol. The van der Waals surface area contributed by atoms with Crippen molar-refractivity contribution in [3.05, 3.63) is 28.8 Å². The van der Waals surface area contributed by atoms with Crippen LogP contribution < -0.4 is 5.32 Å². The molecule has 1 N–H and O–H groups in total. The molecule has 2 aliphatic rings. The number of carbonyl (C=O) groups is 1. The average Bonchev–Trinajstić information content (AvgIpc) is 2.96. The van der Waals surface area contributed by atoms with Crippen LogP contribution >= 0.6 is 11.6 Å². The van der Waals surface area contributed by atoms with Gasteiger partial charge in [-0.3, -0.25) is 4.79 Å². The zero-order valence-electron chi connectivity index (χ0n) is 10.6. The van der Waals surface area contributed by atoms with E-state index in [0.29, 0.717) is 10.9 Å². The van der Waals surface area contributed by atoms with Crippen LogP contribution in [0.25, 0.3) is 0 Å². The molecule has 0 heterocycles. The fourth-order valence-electron chi connectivity index (χ4n) is 3.47. The first kappa shape index (κ1) is 12.0. The molecule has 0 aromatic heterocycles. The molecule has 3 rings (SSSR count). The second kappa shape index (κ2) is 4.58. The Hall–Kier alpha value is -1.02. The van der Waals surface area contributed by atoms with Crippen molar-refractivity contribution in [2.45, 2.75) is 32.6 Å². The zero-order valence-corrected chi connectivity index (χ0v) is 11.3. The molecule has 2 saturated carbocycles. The highest BCUT2D eigenvalue weighted by atomic mass is 35.5. The quantitative estimate of drug-likeness (QED) is 0.858. The van der Waals surface area contributed by atoms with Crippen molar-refractivity contribution in [1.82, 2.24) is 0 Å². The second-order valence-electron chi connectivity index (χ2n) is 5.73. The van der Waals surface area contributed by atoms with Gasteiger partial charge in [0.25, 0.3) is 0 Å². The Labute approximate surface area is 113 Å². The van der Waals surface area contributed by atoms with Crippen molar-refractivity contribution in [2.24, 2.45) is 17.8 Å². The Morgan fingerprint density at radius 1 is 1.33 bits per heavy atom. The highest BCUT2D eigenvalue weighted by molar-refractivity contribution is 6.31. The summed E-state index contributed by atoms with van der Waals surface area (Å²) in [5.74, 6) is 1.83. The van der Waals surface area contributed by atoms with Crippen LogP contribution in [0.5, 0.6) is 0 Å². The maximum Gasteiger partial charge on any atom is 0.227 e. The second-order valence-corrected chi connectivity index (χ2v) is 6.14. The van der Waals surface area contributed by atoms with Crippen molar-refractivity contribution in [3.63, 3.8) is 0 Å². The predicted molar refractivity (Wildman–Crippen MR) is 73.8 cm³/mol. The number of fused-ring (bicyclic) bond motifs is 2. The zero-order chi connectivity index (χ0) is 12.7. The molecule has 3 heteroatoms. The van der Waals surface area contributed by atoms with Gasteiger partial charge in [0.15, 0.2) is 0 Å². The van der Waals surface area contributed by atoms with E-state index in [1.54, 1.807) is 0 Å². The van der Waals surface area contributed by atoms with Gasteiger partial charge in [0, 0.05) is 16.6 Å². The first-order valence-corrected chi connectivity index (χ1v) is 7.08. The predicted octanol–water partition coefficient (Wildman–Crippen LogP) is 4.02. The molecule has 18 heavy (non-hydrogen) atoms. The topological polar surface area (TPSA) is 29.1 Å². The van der Waals surface area contributed by atoms with Crippen molar-refractivity contribution >= 4 is 23.2 Å². The number of halogens is 1. The number of carbonyl (C=O) groups excluding carboxylic acids is 1. The third-order valence-corrected chi connectivity index (χ3v) is 4.92. The van der Waals surface area contributed by atoms with Gasteiger partial charge in [0.05, 0.1) is 0 Å². The Kier molecular flexibility index (Phi) is 3.06. The number of amides is 1. The minimum absolute atomic E-state index is 0.183. The summed E-state index contributed by atoms with van der Waals surface area (Å²) in [7, 11) is 0. The maximum atomic E-state index is 12.2. The molecule has 2 bridgehead atoms. The van der Waals surface area contributed by atoms with Crippen molar-refractivity contribution in [2.75, 3.05) is 5.32 Å². The maximum absolute atomic E-state index is 12.2. The van der Waals surface area contributed by atoms with Gasteiger partial charge in [-0.05, 0) is 55.7 Å². The van der Waals surface area contributed by atoms with E-state index < -0.39 is 0 Å². The lowest BCUT2D eigenvalue weighted by Crippen LogP contribution is -2.27. The minimum atomic E-state index is 0.183. The van der Waals surface area contributed by atoms with Crippen molar-refractivity contribution < 1.29 is 4.79 Å². The van der Waals surface area contributed by atoms with E-state index in [0.717, 1.165) is 23.6 Å². The van der Waals surface area contributed by atoms with Crippen LogP contribution in [0.3, 0.4) is 0 Å². The number of benzene rings is 1. The molecule has 1 amide bonds. The molecule has 2 aliphatic carbocycles. The standard InChI is InChI=1S/C15H18ClNO/c1-9-2-5-12(8-14(9)16)17-15(18)13-7-10-3-4-11(13)6-10/h2,5,8,10-11,13H,3-4,6-7H2,1H3,(H,17,18)/t10-,11-,13-/m0/s1. The molecule has 0 saturated heterocycles. The summed E-state index contributed by atoms with van der Waals surface area (Å²) in [5, 5.41) is 3.72. The van der Waals surface area contributed by atoms with Gasteiger partial charge in [-0.15, -0.1) is 0 Å². The minimum Gasteiger partial charge on any atom is -0.326 e. The molecule has 1 aromatic rings. The molecule has 1 aromatic carbocycles. The number of aryl methyl sites for hydroxylation is 1. The molecule has 0 aliphatic heterocycles. The lowest BCUT2D eigenvalue weighted by Gasteiger charge is -2.20. The number of rotatable bonds is 2. The largest absolute Gasteiger partial charge is 0.326 e. The highest BCUT2D eigenvalue weighted by Gasteiger charge is 2.42. The van der Waals surface area contributed by atoms with Crippen LogP contribution in [-0.4, -0.2) is 5.91 Å². The number of nitrogens with one attached hydrogen (secondary N) is 1. The molecule has 96 valence electrons. The van der Waals surface area contributed by atoms with E-state index in [1.165, 1.54) is 19.3 Å². The van der Waals surface area contributed by atoms with Crippen LogP contribution in [0.1, 0.15) is 31.2 Å². The Morgan fingerprint density at radius 2 is 2.17 bits per heavy atom. The number of anilines is 1. The SMILES string of the molecule is Cc1ccc(NC(=O)[C@H]2C[C@H]3CC[C@H]2C3)cc1Cl. The Balaban J connectivity index is 1.69. The number of hydrogen-bond donors (Lipinski definition) is 1. The van der Waals surface area contributed by atoms with E-state index in [2.05, 4.69) is 5.32 Å². The monoisotopic (exact) mass is 263 g/mol. The van der Waals surface area contributed by atoms with Crippen molar-refractivity contribution in [3.8, 4) is 0 Å². The fourth-order valence-corrected chi connectivity index (χ4v) is 3.65. The summed E-state index contributed by atoms with van der Waals surface area (Å²) in [4.78, 5) is 12.2. The highest BCUT2D eigenvalue weighted by Crippen LogP contribution is 2.48. The summed E-state index contributed by atoms with van der Waals surface area (Å²) in [6.07, 6.45) is 4.89. The van der Waals surface area contributed by atoms with Gasteiger partial charge in [0.1, 0.15) is 0 Å². The molecular formula is C15H18ClNO. The molecule has 2 nitrogen and oxygen atoms in total. The third-order valence-electron chi connectivity index (χ3n) is 4.51. The van der Waals surface area contributed by atoms with E-state index in [1.807, 2.05) is 25.1 Å². The summed E-state index contributed by atoms with van der Waals surface area (Å²) in [5.41, 5.74) is 1.85. The summed E-state index contributed by atoms with van der Waals surface area (Å²) >= 11 is 6.07.